The number of hydrogen-bond acceptors (Lipinski definition) is 8. The topological polar surface area (TPSA) is 122 Å². The number of nitrogens with zero attached hydrogens (tertiary/aromatic N) is 4. The van der Waals surface area contributed by atoms with Gasteiger partial charge in [-0.1, -0.05) is 6.92 Å². The van der Waals surface area contributed by atoms with Crippen LogP contribution < -0.4 is 0 Å². The lowest BCUT2D eigenvalue weighted by Crippen LogP contribution is -2.36. The molecule has 2 atom stereocenters. The molecule has 0 saturated carbocycles. The highest BCUT2D eigenvalue weighted by Crippen LogP contribution is 2.26. The van der Waals surface area contributed by atoms with Crippen molar-refractivity contribution < 1.29 is 22.9 Å². The molecule has 1 aliphatic heterocycles. The third-order valence-corrected chi connectivity index (χ3v) is 6.60. The molecule has 0 spiro atoms. The van der Waals surface area contributed by atoms with Crippen molar-refractivity contribution in [1.29, 1.82) is 0 Å². The van der Waals surface area contributed by atoms with Crippen molar-refractivity contribution in [2.45, 2.75) is 25.7 Å². The highest BCUT2D eigenvalue weighted by atomic mass is 32.2. The molecule has 1 aliphatic rings. The fraction of sp³-hybridized carbons (Fsp3) is 0.500. The number of rotatable bonds is 6. The summed E-state index contributed by atoms with van der Waals surface area (Å²) >= 11 is 4.42. The molecule has 1 saturated heterocycles. The van der Waals surface area contributed by atoms with E-state index in [9.17, 15) is 23.3 Å². The Labute approximate surface area is 168 Å². The van der Waals surface area contributed by atoms with E-state index in [-0.39, 0.29) is 41.6 Å². The zero-order chi connectivity index (χ0) is 21.1. The number of amidine groups is 1. The SMILES string of the molecule is CCS(=O)(=O)N(C)N=C1C(C)[C@H](S)CN1C(=O)OCc1ccc([N+](=O)[O-])cc1. The van der Waals surface area contributed by atoms with Crippen molar-refractivity contribution >= 4 is 40.3 Å². The molecule has 1 heterocycles. The van der Waals surface area contributed by atoms with Gasteiger partial charge in [0, 0.05) is 36.9 Å². The summed E-state index contributed by atoms with van der Waals surface area (Å²) in [6.45, 7) is 3.44. The number of hydrazone groups is 1. The molecule has 0 N–H and O–H groups in total. The summed E-state index contributed by atoms with van der Waals surface area (Å²) in [4.78, 5) is 23.9. The van der Waals surface area contributed by atoms with E-state index in [4.69, 9.17) is 4.74 Å². The quantitative estimate of drug-likeness (QED) is 0.419. The minimum atomic E-state index is -3.56. The van der Waals surface area contributed by atoms with Gasteiger partial charge in [-0.05, 0) is 24.6 Å². The van der Waals surface area contributed by atoms with Crippen molar-refractivity contribution in [3.8, 4) is 0 Å². The number of likely N-dealkylation sites (tertiary alicyclic amines) is 1. The Bertz CT molecular complexity index is 872. The molecule has 1 aromatic carbocycles. The van der Waals surface area contributed by atoms with Gasteiger partial charge in [-0.15, -0.1) is 5.10 Å². The summed E-state index contributed by atoms with van der Waals surface area (Å²) < 4.78 is 30.0. The Morgan fingerprint density at radius 1 is 1.43 bits per heavy atom. The van der Waals surface area contributed by atoms with Gasteiger partial charge in [-0.3, -0.25) is 15.0 Å². The van der Waals surface area contributed by atoms with Crippen molar-refractivity contribution in [2.24, 2.45) is 11.0 Å². The average molecular weight is 431 g/mol. The predicted octanol–water partition coefficient (Wildman–Crippen LogP) is 2.08. The van der Waals surface area contributed by atoms with E-state index in [0.717, 1.165) is 4.41 Å². The summed E-state index contributed by atoms with van der Waals surface area (Å²) in [6, 6.07) is 5.64. The molecule has 12 heteroatoms. The smallest absolute Gasteiger partial charge is 0.415 e. The molecule has 0 aliphatic carbocycles. The first-order valence-electron chi connectivity index (χ1n) is 8.47. The zero-order valence-corrected chi connectivity index (χ0v) is 17.4. The minimum Gasteiger partial charge on any atom is -0.444 e. The predicted molar refractivity (Wildman–Crippen MR) is 107 cm³/mol. The van der Waals surface area contributed by atoms with Gasteiger partial charge in [0.2, 0.25) is 10.0 Å². The van der Waals surface area contributed by atoms with Crippen molar-refractivity contribution in [1.82, 2.24) is 9.31 Å². The van der Waals surface area contributed by atoms with E-state index >= 15 is 0 Å². The van der Waals surface area contributed by atoms with Crippen LogP contribution in [0, 0.1) is 16.0 Å². The fourth-order valence-electron chi connectivity index (χ4n) is 2.50. The monoisotopic (exact) mass is 430 g/mol. The van der Waals surface area contributed by atoms with Crippen molar-refractivity contribution in [2.75, 3.05) is 19.3 Å². The Morgan fingerprint density at radius 2 is 2.04 bits per heavy atom. The number of sulfonamides is 1. The first kappa shape index (κ1) is 22.0. The summed E-state index contributed by atoms with van der Waals surface area (Å²) in [5, 5.41) is 14.6. The number of carbonyl (C=O) groups is 1. The van der Waals surface area contributed by atoms with E-state index in [1.54, 1.807) is 6.92 Å². The van der Waals surface area contributed by atoms with Crippen LogP contribution in [0.25, 0.3) is 0 Å². The van der Waals surface area contributed by atoms with Gasteiger partial charge >= 0.3 is 6.09 Å². The molecule has 1 fully saturated rings. The molecule has 28 heavy (non-hydrogen) atoms. The molecule has 0 aromatic heterocycles. The normalized spacial score (nSPS) is 21.0. The first-order valence-corrected chi connectivity index (χ1v) is 10.6. The molecule has 2 rings (SSSR count). The van der Waals surface area contributed by atoms with Crippen molar-refractivity contribution in [3.63, 3.8) is 0 Å². The molecular weight excluding hydrogens is 408 g/mol. The number of nitro benzene ring substituents is 1. The largest absolute Gasteiger partial charge is 0.444 e. The van der Waals surface area contributed by atoms with Crippen LogP contribution in [0.4, 0.5) is 10.5 Å². The molecule has 154 valence electrons. The lowest BCUT2D eigenvalue weighted by atomic mass is 10.1. The molecule has 1 amide bonds. The second-order valence-electron chi connectivity index (χ2n) is 6.24. The molecule has 0 radical (unpaired) electrons. The number of non-ortho nitro benzene ring substituents is 1. The number of carbonyl (C=O) groups excluding carboxylic acids is 1. The van der Waals surface area contributed by atoms with Gasteiger partial charge in [0.25, 0.3) is 5.69 Å². The molecule has 1 unspecified atom stereocenters. The molecule has 10 nitrogen and oxygen atoms in total. The number of thiol groups is 1. The Balaban J connectivity index is 2.12. The van der Waals surface area contributed by atoms with Crippen LogP contribution in [-0.4, -0.2) is 59.2 Å². The zero-order valence-electron chi connectivity index (χ0n) is 15.7. The van der Waals surface area contributed by atoms with E-state index in [1.165, 1.54) is 43.1 Å². The maximum absolute atomic E-state index is 12.5. The van der Waals surface area contributed by atoms with Crippen LogP contribution >= 0.6 is 12.6 Å². The minimum absolute atomic E-state index is 0.0593. The lowest BCUT2D eigenvalue weighted by Gasteiger charge is -2.20. The van der Waals surface area contributed by atoms with E-state index < -0.39 is 21.0 Å². The highest BCUT2D eigenvalue weighted by Gasteiger charge is 2.39. The first-order chi connectivity index (χ1) is 13.1. The summed E-state index contributed by atoms with van der Waals surface area (Å²) in [7, 11) is -2.24. The van der Waals surface area contributed by atoms with Gasteiger partial charge in [0.1, 0.15) is 12.4 Å². The second-order valence-corrected chi connectivity index (χ2v) is 9.17. The Morgan fingerprint density at radius 3 is 2.57 bits per heavy atom. The highest BCUT2D eigenvalue weighted by molar-refractivity contribution is 7.89. The second kappa shape index (κ2) is 8.78. The van der Waals surface area contributed by atoms with E-state index in [2.05, 4.69) is 17.7 Å². The molecular formula is C16H22N4O6S2. The van der Waals surface area contributed by atoms with Gasteiger partial charge < -0.3 is 4.74 Å². The van der Waals surface area contributed by atoms with E-state index in [0.29, 0.717) is 5.56 Å². The van der Waals surface area contributed by atoms with Crippen LogP contribution in [0.2, 0.25) is 0 Å². The number of amides is 1. The lowest BCUT2D eigenvalue weighted by molar-refractivity contribution is -0.384. The van der Waals surface area contributed by atoms with Crippen LogP contribution in [0.3, 0.4) is 0 Å². The van der Waals surface area contributed by atoms with Gasteiger partial charge in [-0.25, -0.2) is 13.2 Å². The standard InChI is InChI=1S/C16H22N4O6S2/c1-4-28(24,25)18(3)17-15-11(2)14(27)9-19(15)16(21)26-10-12-5-7-13(8-6-12)20(22)23/h5-8,11,14,27H,4,9-10H2,1-3H3/t11?,14-/m1/s1. The van der Waals surface area contributed by atoms with Gasteiger partial charge in [-0.2, -0.15) is 17.0 Å². The van der Waals surface area contributed by atoms with Gasteiger partial charge in [0.15, 0.2) is 0 Å². The van der Waals surface area contributed by atoms with Crippen LogP contribution in [-0.2, 0) is 21.4 Å². The maximum atomic E-state index is 12.5. The Kier molecular flexibility index (Phi) is 6.88. The fourth-order valence-corrected chi connectivity index (χ4v) is 3.38. The summed E-state index contributed by atoms with van der Waals surface area (Å²) in [5.74, 6) is -0.123. The third-order valence-electron chi connectivity index (χ3n) is 4.37. The maximum Gasteiger partial charge on any atom is 0.415 e. The third kappa shape index (κ3) is 4.93. The van der Waals surface area contributed by atoms with Crippen molar-refractivity contribution in [3.05, 3.63) is 39.9 Å². The number of benzene rings is 1. The van der Waals surface area contributed by atoms with E-state index in [1.807, 2.05) is 0 Å². The molecule has 1 aromatic rings. The number of ether oxygens (including phenoxy) is 1. The van der Waals surface area contributed by atoms with Gasteiger partial charge in [0.05, 0.1) is 10.7 Å². The summed E-state index contributed by atoms with van der Waals surface area (Å²) in [5.41, 5.74) is 0.522. The molecule has 0 bridgehead atoms. The number of nitro groups is 1. The average Bonchev–Trinajstić information content (AvgIpc) is 2.94. The summed E-state index contributed by atoms with van der Waals surface area (Å²) in [6.07, 6.45) is -0.692. The van der Waals surface area contributed by atoms with Crippen LogP contribution in [0.5, 0.6) is 0 Å². The number of hydrogen-bond donors (Lipinski definition) is 1. The van der Waals surface area contributed by atoms with Crippen LogP contribution in [0.1, 0.15) is 19.4 Å². The van der Waals surface area contributed by atoms with Crippen LogP contribution in [0.15, 0.2) is 29.4 Å². The Hall–Kier alpha value is -2.34.